The van der Waals surface area contributed by atoms with Gasteiger partial charge in [-0.25, -0.2) is 0 Å². The molecule has 0 aliphatic rings. The maximum atomic E-state index is 12.0. The summed E-state index contributed by atoms with van der Waals surface area (Å²) < 4.78 is 5.66. The van der Waals surface area contributed by atoms with Crippen molar-refractivity contribution in [2.75, 3.05) is 6.61 Å². The molecular weight excluding hydrogens is 250 g/mol. The van der Waals surface area contributed by atoms with Crippen LogP contribution in [-0.2, 0) is 0 Å². The molecule has 0 saturated carbocycles. The first-order valence-corrected chi connectivity index (χ1v) is 7.48. The number of amides is 1. The number of carbonyl (C=O) groups excluding carboxylic acids is 1. The lowest BCUT2D eigenvalue weighted by Crippen LogP contribution is -2.40. The largest absolute Gasteiger partial charge is 0.494 e. The van der Waals surface area contributed by atoms with Crippen molar-refractivity contribution >= 4 is 5.91 Å². The molecule has 0 bridgehead atoms. The highest BCUT2D eigenvalue weighted by Gasteiger charge is 2.14. The molecule has 0 atom stereocenters. The highest BCUT2D eigenvalue weighted by atomic mass is 16.5. The standard InChI is InChI=1S/C17H27NO2/c1-5-6-7-8-13-20-15-11-9-14(10-12-15)16(19)18-17(2,3)4/h9-12H,5-8,13H2,1-4H3,(H,18,19). The number of unbranched alkanes of at least 4 members (excludes halogenated alkanes) is 3. The number of hydrogen-bond donors (Lipinski definition) is 1. The maximum absolute atomic E-state index is 12.0. The van der Waals surface area contributed by atoms with Gasteiger partial charge in [-0.15, -0.1) is 0 Å². The summed E-state index contributed by atoms with van der Waals surface area (Å²) in [5.74, 6) is 0.779. The van der Waals surface area contributed by atoms with Crippen LogP contribution in [0.25, 0.3) is 0 Å². The van der Waals surface area contributed by atoms with E-state index in [1.54, 1.807) is 0 Å². The van der Waals surface area contributed by atoms with Gasteiger partial charge in [-0.1, -0.05) is 26.2 Å². The topological polar surface area (TPSA) is 38.3 Å². The van der Waals surface area contributed by atoms with Crippen LogP contribution in [0.5, 0.6) is 5.75 Å². The highest BCUT2D eigenvalue weighted by Crippen LogP contribution is 2.14. The van der Waals surface area contributed by atoms with Crippen molar-refractivity contribution in [3.8, 4) is 5.75 Å². The summed E-state index contributed by atoms with van der Waals surface area (Å²) in [7, 11) is 0. The van der Waals surface area contributed by atoms with Crippen molar-refractivity contribution in [1.29, 1.82) is 0 Å². The summed E-state index contributed by atoms with van der Waals surface area (Å²) >= 11 is 0. The van der Waals surface area contributed by atoms with Crippen LogP contribution < -0.4 is 10.1 Å². The molecular formula is C17H27NO2. The monoisotopic (exact) mass is 277 g/mol. The Morgan fingerprint density at radius 2 is 1.75 bits per heavy atom. The Morgan fingerprint density at radius 1 is 1.10 bits per heavy atom. The molecule has 1 aromatic carbocycles. The van der Waals surface area contributed by atoms with Crippen LogP contribution in [0.2, 0.25) is 0 Å². The summed E-state index contributed by atoms with van der Waals surface area (Å²) in [6, 6.07) is 7.33. The molecule has 1 N–H and O–H groups in total. The predicted octanol–water partition coefficient (Wildman–Crippen LogP) is 4.17. The fourth-order valence-electron chi connectivity index (χ4n) is 1.83. The van der Waals surface area contributed by atoms with E-state index in [1.807, 2.05) is 45.0 Å². The van der Waals surface area contributed by atoms with Crippen molar-refractivity contribution in [3.63, 3.8) is 0 Å². The van der Waals surface area contributed by atoms with E-state index in [9.17, 15) is 4.79 Å². The van der Waals surface area contributed by atoms with Gasteiger partial charge in [0.1, 0.15) is 5.75 Å². The van der Waals surface area contributed by atoms with E-state index >= 15 is 0 Å². The van der Waals surface area contributed by atoms with Gasteiger partial charge >= 0.3 is 0 Å². The number of carbonyl (C=O) groups is 1. The molecule has 112 valence electrons. The second-order valence-electron chi connectivity index (χ2n) is 6.14. The van der Waals surface area contributed by atoms with Gasteiger partial charge in [-0.05, 0) is 51.5 Å². The van der Waals surface area contributed by atoms with Gasteiger partial charge in [0.15, 0.2) is 0 Å². The molecule has 0 saturated heterocycles. The third kappa shape index (κ3) is 6.60. The SMILES string of the molecule is CCCCCCOc1ccc(C(=O)NC(C)(C)C)cc1. The molecule has 3 nitrogen and oxygen atoms in total. The van der Waals surface area contributed by atoms with E-state index < -0.39 is 0 Å². The molecule has 1 amide bonds. The minimum atomic E-state index is -0.217. The Labute approximate surface area is 122 Å². The Bertz CT molecular complexity index is 404. The molecule has 1 rings (SSSR count). The first-order valence-electron chi connectivity index (χ1n) is 7.48. The average molecular weight is 277 g/mol. The first kappa shape index (κ1) is 16.5. The molecule has 0 fully saturated rings. The molecule has 0 unspecified atom stereocenters. The lowest BCUT2D eigenvalue weighted by atomic mass is 10.1. The zero-order chi connectivity index (χ0) is 15.0. The third-order valence-corrected chi connectivity index (χ3v) is 2.87. The van der Waals surface area contributed by atoms with Crippen LogP contribution in [0, 0.1) is 0 Å². The van der Waals surface area contributed by atoms with Crippen LogP contribution in [0.4, 0.5) is 0 Å². The normalized spacial score (nSPS) is 11.2. The molecule has 0 aliphatic carbocycles. The smallest absolute Gasteiger partial charge is 0.251 e. The molecule has 0 aromatic heterocycles. The summed E-state index contributed by atoms with van der Waals surface area (Å²) in [6.07, 6.45) is 4.79. The number of hydrogen-bond acceptors (Lipinski definition) is 2. The van der Waals surface area contributed by atoms with Gasteiger partial charge in [0.2, 0.25) is 0 Å². The van der Waals surface area contributed by atoms with Crippen LogP contribution in [0.3, 0.4) is 0 Å². The molecule has 0 radical (unpaired) electrons. The summed E-state index contributed by atoms with van der Waals surface area (Å²) in [5, 5.41) is 2.94. The molecule has 0 heterocycles. The van der Waals surface area contributed by atoms with E-state index in [1.165, 1.54) is 19.3 Å². The van der Waals surface area contributed by atoms with Gasteiger partial charge < -0.3 is 10.1 Å². The number of ether oxygens (including phenoxy) is 1. The number of rotatable bonds is 7. The summed E-state index contributed by atoms with van der Waals surface area (Å²) in [5.41, 5.74) is 0.448. The van der Waals surface area contributed by atoms with E-state index in [4.69, 9.17) is 4.74 Å². The lowest BCUT2D eigenvalue weighted by molar-refractivity contribution is 0.0919. The second kappa shape index (κ2) is 7.93. The van der Waals surface area contributed by atoms with Crippen molar-refractivity contribution in [2.45, 2.75) is 58.9 Å². The zero-order valence-electron chi connectivity index (χ0n) is 13.2. The molecule has 0 spiro atoms. The van der Waals surface area contributed by atoms with E-state index in [0.717, 1.165) is 18.8 Å². The van der Waals surface area contributed by atoms with Gasteiger partial charge in [-0.2, -0.15) is 0 Å². The maximum Gasteiger partial charge on any atom is 0.251 e. The Kier molecular flexibility index (Phi) is 6.56. The summed E-state index contributed by atoms with van der Waals surface area (Å²) in [6.45, 7) is 8.85. The van der Waals surface area contributed by atoms with Gasteiger partial charge in [0.25, 0.3) is 5.91 Å². The van der Waals surface area contributed by atoms with E-state index in [0.29, 0.717) is 5.56 Å². The Hall–Kier alpha value is -1.51. The lowest BCUT2D eigenvalue weighted by Gasteiger charge is -2.20. The fourth-order valence-corrected chi connectivity index (χ4v) is 1.83. The number of nitrogens with one attached hydrogen (secondary N) is 1. The van der Waals surface area contributed by atoms with Crippen LogP contribution >= 0.6 is 0 Å². The predicted molar refractivity (Wildman–Crippen MR) is 83.3 cm³/mol. The van der Waals surface area contributed by atoms with Gasteiger partial charge in [0.05, 0.1) is 6.61 Å². The third-order valence-electron chi connectivity index (χ3n) is 2.87. The van der Waals surface area contributed by atoms with Crippen LogP contribution in [-0.4, -0.2) is 18.1 Å². The molecule has 0 aliphatic heterocycles. The van der Waals surface area contributed by atoms with E-state index in [2.05, 4.69) is 12.2 Å². The van der Waals surface area contributed by atoms with Gasteiger partial charge in [-0.3, -0.25) is 4.79 Å². The highest BCUT2D eigenvalue weighted by molar-refractivity contribution is 5.94. The Balaban J connectivity index is 2.42. The van der Waals surface area contributed by atoms with Crippen LogP contribution in [0.15, 0.2) is 24.3 Å². The van der Waals surface area contributed by atoms with Crippen molar-refractivity contribution in [1.82, 2.24) is 5.32 Å². The average Bonchev–Trinajstić information content (AvgIpc) is 2.37. The van der Waals surface area contributed by atoms with Crippen molar-refractivity contribution in [2.24, 2.45) is 0 Å². The van der Waals surface area contributed by atoms with Crippen molar-refractivity contribution in [3.05, 3.63) is 29.8 Å². The molecule has 1 aromatic rings. The number of benzene rings is 1. The van der Waals surface area contributed by atoms with E-state index in [-0.39, 0.29) is 11.4 Å². The van der Waals surface area contributed by atoms with Gasteiger partial charge in [0, 0.05) is 11.1 Å². The fraction of sp³-hybridized carbons (Fsp3) is 0.588. The minimum absolute atomic E-state index is 0.0491. The minimum Gasteiger partial charge on any atom is -0.494 e. The Morgan fingerprint density at radius 3 is 2.30 bits per heavy atom. The molecule has 3 heteroatoms. The quantitative estimate of drug-likeness (QED) is 0.759. The van der Waals surface area contributed by atoms with Crippen LogP contribution in [0.1, 0.15) is 63.7 Å². The first-order chi connectivity index (χ1) is 9.42. The molecule has 20 heavy (non-hydrogen) atoms. The summed E-state index contributed by atoms with van der Waals surface area (Å²) in [4.78, 5) is 12.0. The second-order valence-corrected chi connectivity index (χ2v) is 6.14. The van der Waals surface area contributed by atoms with Crippen molar-refractivity contribution < 1.29 is 9.53 Å². The zero-order valence-corrected chi connectivity index (χ0v) is 13.2.